The van der Waals surface area contributed by atoms with Gasteiger partial charge in [0.2, 0.25) is 11.9 Å². The number of amides is 1. The van der Waals surface area contributed by atoms with Crippen LogP contribution < -0.4 is 4.90 Å². The van der Waals surface area contributed by atoms with E-state index in [1.807, 2.05) is 6.07 Å². The Morgan fingerprint density at radius 2 is 2.37 bits per heavy atom. The number of carbonyl (C=O) groups excluding carboxylic acids is 1. The van der Waals surface area contributed by atoms with Gasteiger partial charge < -0.3 is 4.42 Å². The molecule has 2 aromatic heterocycles. The predicted octanol–water partition coefficient (Wildman–Crippen LogP) is 2.02. The molecule has 3 heterocycles. The molecule has 0 aromatic carbocycles. The van der Waals surface area contributed by atoms with E-state index in [0.29, 0.717) is 36.1 Å². The summed E-state index contributed by atoms with van der Waals surface area (Å²) < 4.78 is 5.30. The van der Waals surface area contributed by atoms with Gasteiger partial charge in [-0.3, -0.25) is 9.69 Å². The Labute approximate surface area is 116 Å². The number of furan rings is 1. The van der Waals surface area contributed by atoms with E-state index in [2.05, 4.69) is 22.6 Å². The van der Waals surface area contributed by atoms with Crippen molar-refractivity contribution >= 4 is 24.5 Å². The van der Waals surface area contributed by atoms with Gasteiger partial charge in [-0.2, -0.15) is 12.6 Å². The highest BCUT2D eigenvalue weighted by atomic mass is 32.1. The van der Waals surface area contributed by atoms with Gasteiger partial charge in [-0.05, 0) is 29.9 Å². The number of hydrogen-bond acceptors (Lipinski definition) is 5. The van der Waals surface area contributed by atoms with Crippen molar-refractivity contribution in [2.45, 2.75) is 6.42 Å². The van der Waals surface area contributed by atoms with Crippen LogP contribution in [-0.4, -0.2) is 28.2 Å². The minimum Gasteiger partial charge on any atom is -0.463 e. The molecule has 0 radical (unpaired) electrons. The molecule has 0 aliphatic carbocycles. The van der Waals surface area contributed by atoms with Crippen molar-refractivity contribution < 1.29 is 9.21 Å². The molecule has 1 amide bonds. The van der Waals surface area contributed by atoms with Crippen molar-refractivity contribution in [3.05, 3.63) is 30.7 Å². The first-order chi connectivity index (χ1) is 9.28. The fraction of sp³-hybridized carbons (Fsp3) is 0.308. The summed E-state index contributed by atoms with van der Waals surface area (Å²) in [6.45, 7) is 0.629. The molecule has 5 nitrogen and oxygen atoms in total. The maximum Gasteiger partial charge on any atom is 0.232 e. The highest BCUT2D eigenvalue weighted by Gasteiger charge is 2.31. The molecule has 1 aliphatic heterocycles. The van der Waals surface area contributed by atoms with Crippen LogP contribution in [0.1, 0.15) is 6.42 Å². The molecule has 1 saturated heterocycles. The minimum atomic E-state index is 0.0515. The van der Waals surface area contributed by atoms with Crippen LogP contribution in [0.15, 0.2) is 35.1 Å². The first-order valence-corrected chi connectivity index (χ1v) is 6.69. The fourth-order valence-corrected chi connectivity index (χ4v) is 2.38. The van der Waals surface area contributed by atoms with Gasteiger partial charge in [0.15, 0.2) is 5.76 Å². The van der Waals surface area contributed by atoms with Crippen LogP contribution in [0.25, 0.3) is 11.5 Å². The first kappa shape index (κ1) is 12.2. The zero-order chi connectivity index (χ0) is 13.2. The van der Waals surface area contributed by atoms with E-state index in [1.165, 1.54) is 0 Å². The highest BCUT2D eigenvalue weighted by Crippen LogP contribution is 2.25. The van der Waals surface area contributed by atoms with E-state index in [1.54, 1.807) is 29.5 Å². The van der Waals surface area contributed by atoms with Gasteiger partial charge in [0.05, 0.1) is 6.26 Å². The van der Waals surface area contributed by atoms with Crippen LogP contribution >= 0.6 is 12.6 Å². The maximum absolute atomic E-state index is 11.9. The van der Waals surface area contributed by atoms with Gasteiger partial charge in [-0.25, -0.2) is 9.97 Å². The monoisotopic (exact) mass is 275 g/mol. The van der Waals surface area contributed by atoms with E-state index < -0.39 is 0 Å². The van der Waals surface area contributed by atoms with Crippen molar-refractivity contribution in [3.8, 4) is 11.5 Å². The summed E-state index contributed by atoms with van der Waals surface area (Å²) in [5.74, 6) is 2.12. The van der Waals surface area contributed by atoms with Crippen LogP contribution in [0.4, 0.5) is 5.95 Å². The van der Waals surface area contributed by atoms with Crippen LogP contribution in [0.5, 0.6) is 0 Å². The fourth-order valence-electron chi connectivity index (χ4n) is 2.14. The maximum atomic E-state index is 11.9. The molecule has 0 spiro atoms. The Morgan fingerprint density at radius 1 is 1.47 bits per heavy atom. The average molecular weight is 275 g/mol. The Hall–Kier alpha value is -1.82. The third-order valence-electron chi connectivity index (χ3n) is 3.12. The lowest BCUT2D eigenvalue weighted by molar-refractivity contribution is -0.117. The largest absolute Gasteiger partial charge is 0.463 e. The van der Waals surface area contributed by atoms with Gasteiger partial charge in [0.25, 0.3) is 0 Å². The van der Waals surface area contributed by atoms with E-state index in [4.69, 9.17) is 4.42 Å². The third-order valence-corrected chi connectivity index (χ3v) is 3.64. The zero-order valence-corrected chi connectivity index (χ0v) is 11.1. The van der Waals surface area contributed by atoms with E-state index in [-0.39, 0.29) is 11.8 Å². The first-order valence-electron chi connectivity index (χ1n) is 6.06. The van der Waals surface area contributed by atoms with Gasteiger partial charge in [0.1, 0.15) is 5.69 Å². The smallest absolute Gasteiger partial charge is 0.232 e. The van der Waals surface area contributed by atoms with Gasteiger partial charge in [0, 0.05) is 19.2 Å². The Bertz CT molecular complexity index is 585. The molecule has 6 heteroatoms. The van der Waals surface area contributed by atoms with Crippen molar-refractivity contribution in [2.24, 2.45) is 5.92 Å². The number of thiol groups is 1. The van der Waals surface area contributed by atoms with Gasteiger partial charge in [-0.15, -0.1) is 0 Å². The molecule has 0 bridgehead atoms. The van der Waals surface area contributed by atoms with E-state index in [0.717, 1.165) is 0 Å². The minimum absolute atomic E-state index is 0.0515. The molecule has 0 N–H and O–H groups in total. The lowest BCUT2D eigenvalue weighted by atomic mass is 10.1. The Balaban J connectivity index is 1.90. The summed E-state index contributed by atoms with van der Waals surface area (Å²) in [6, 6.07) is 5.39. The number of nitrogens with zero attached hydrogens (tertiary/aromatic N) is 3. The van der Waals surface area contributed by atoms with E-state index in [9.17, 15) is 4.79 Å². The molecule has 2 aromatic rings. The van der Waals surface area contributed by atoms with Crippen molar-refractivity contribution in [3.63, 3.8) is 0 Å². The third kappa shape index (κ3) is 2.35. The lowest BCUT2D eigenvalue weighted by Gasteiger charge is -2.14. The molecule has 1 fully saturated rings. The zero-order valence-electron chi connectivity index (χ0n) is 10.2. The van der Waals surface area contributed by atoms with Gasteiger partial charge in [-0.1, -0.05) is 0 Å². The summed E-state index contributed by atoms with van der Waals surface area (Å²) in [6.07, 6.45) is 3.74. The quantitative estimate of drug-likeness (QED) is 0.871. The van der Waals surface area contributed by atoms with Crippen LogP contribution in [0.3, 0.4) is 0 Å². The number of hydrogen-bond donors (Lipinski definition) is 1. The topological polar surface area (TPSA) is 59.2 Å². The summed E-state index contributed by atoms with van der Waals surface area (Å²) in [4.78, 5) is 22.1. The molecular formula is C13H13N3O2S. The normalized spacial score (nSPS) is 19.1. The van der Waals surface area contributed by atoms with Crippen molar-refractivity contribution in [1.29, 1.82) is 0 Å². The van der Waals surface area contributed by atoms with Gasteiger partial charge >= 0.3 is 0 Å². The predicted molar refractivity (Wildman–Crippen MR) is 74.0 cm³/mol. The van der Waals surface area contributed by atoms with Crippen LogP contribution in [-0.2, 0) is 4.79 Å². The number of aromatic nitrogens is 2. The Kier molecular flexibility index (Phi) is 3.25. The van der Waals surface area contributed by atoms with Crippen molar-refractivity contribution in [1.82, 2.24) is 9.97 Å². The molecule has 0 saturated carbocycles. The van der Waals surface area contributed by atoms with Crippen molar-refractivity contribution in [2.75, 3.05) is 17.2 Å². The van der Waals surface area contributed by atoms with Crippen LogP contribution in [0, 0.1) is 5.92 Å². The van der Waals surface area contributed by atoms with E-state index >= 15 is 0 Å². The summed E-state index contributed by atoms with van der Waals surface area (Å²) in [7, 11) is 0. The SMILES string of the molecule is O=C1CC(CS)CN1c1nccc(-c2ccco2)n1. The average Bonchev–Trinajstić information content (AvgIpc) is 3.08. The molecule has 3 rings (SSSR count). The molecule has 1 aliphatic rings. The molecule has 1 atom stereocenters. The second kappa shape index (κ2) is 5.05. The highest BCUT2D eigenvalue weighted by molar-refractivity contribution is 7.80. The molecule has 19 heavy (non-hydrogen) atoms. The standard InChI is InChI=1S/C13H13N3O2S/c17-12-6-9(8-19)7-16(12)13-14-4-3-10(15-13)11-2-1-5-18-11/h1-5,9,19H,6-8H2. The number of anilines is 1. The molecular weight excluding hydrogens is 262 g/mol. The van der Waals surface area contributed by atoms with Crippen LogP contribution in [0.2, 0.25) is 0 Å². The second-order valence-corrected chi connectivity index (χ2v) is 4.84. The molecule has 98 valence electrons. The number of rotatable bonds is 3. The Morgan fingerprint density at radius 3 is 3.05 bits per heavy atom. The summed E-state index contributed by atoms with van der Waals surface area (Å²) >= 11 is 4.24. The summed E-state index contributed by atoms with van der Waals surface area (Å²) in [5, 5.41) is 0. The lowest BCUT2D eigenvalue weighted by Crippen LogP contribution is -2.26. The second-order valence-electron chi connectivity index (χ2n) is 4.48. The number of carbonyl (C=O) groups is 1. The molecule has 1 unspecified atom stereocenters. The summed E-state index contributed by atoms with van der Waals surface area (Å²) in [5.41, 5.74) is 0.678.